The molecule has 2 aliphatic heterocycles. The van der Waals surface area contributed by atoms with Crippen LogP contribution in [0.5, 0.6) is 0 Å². The van der Waals surface area contributed by atoms with Gasteiger partial charge in [-0.25, -0.2) is 0 Å². The number of carbonyl (C=O) groups excluding carboxylic acids is 5. The first kappa shape index (κ1) is 28.4. The van der Waals surface area contributed by atoms with Crippen LogP contribution < -0.4 is 21.3 Å². The van der Waals surface area contributed by atoms with E-state index in [0.29, 0.717) is 12.0 Å². The lowest BCUT2D eigenvalue weighted by Gasteiger charge is -2.31. The third-order valence-electron chi connectivity index (χ3n) is 6.68. The van der Waals surface area contributed by atoms with Crippen molar-refractivity contribution in [3.63, 3.8) is 0 Å². The highest BCUT2D eigenvalue weighted by Crippen LogP contribution is 2.25. The number of carbonyl (C=O) groups is 5. The van der Waals surface area contributed by atoms with Crippen LogP contribution in [0, 0.1) is 0 Å². The minimum absolute atomic E-state index is 0.189. The Morgan fingerprint density at radius 3 is 2.11 bits per heavy atom. The summed E-state index contributed by atoms with van der Waals surface area (Å²) in [6.07, 6.45) is 0.660. The van der Waals surface area contributed by atoms with Crippen molar-refractivity contribution in [2.75, 3.05) is 13.2 Å². The van der Waals surface area contributed by atoms with E-state index in [9.17, 15) is 29.1 Å². The predicted octanol–water partition coefficient (Wildman–Crippen LogP) is -0.277. The van der Waals surface area contributed by atoms with Gasteiger partial charge in [0.25, 0.3) is 0 Å². The summed E-state index contributed by atoms with van der Waals surface area (Å²) in [5, 5.41) is 19.7. The number of nitrogens with zero attached hydrogens (tertiary/aromatic N) is 1. The fraction of sp³-hybridized carbons (Fsp3) is 0.560. The Hall–Kier alpha value is -3.18. The molecule has 0 unspecified atom stereocenters. The van der Waals surface area contributed by atoms with Crippen LogP contribution in [0.2, 0.25) is 0 Å². The maximum Gasteiger partial charge on any atom is 0.245 e. The lowest BCUT2D eigenvalue weighted by Crippen LogP contribution is -2.60. The van der Waals surface area contributed by atoms with Gasteiger partial charge in [-0.1, -0.05) is 44.2 Å². The molecule has 0 spiro atoms. The Labute approximate surface area is 220 Å². The zero-order valence-corrected chi connectivity index (χ0v) is 21.7. The molecule has 0 saturated carbocycles. The molecule has 1 aromatic carbocycles. The van der Waals surface area contributed by atoms with Crippen molar-refractivity contribution >= 4 is 41.1 Å². The van der Waals surface area contributed by atoms with Gasteiger partial charge in [-0.15, -0.1) is 11.6 Å². The fourth-order valence-corrected chi connectivity index (χ4v) is 4.92. The normalized spacial score (nSPS) is 30.2. The van der Waals surface area contributed by atoms with Crippen molar-refractivity contribution in [1.82, 2.24) is 26.2 Å². The molecule has 0 bridgehead atoms. The highest BCUT2D eigenvalue weighted by atomic mass is 35.5. The summed E-state index contributed by atoms with van der Waals surface area (Å²) in [5.41, 5.74) is 0.637. The van der Waals surface area contributed by atoms with Crippen LogP contribution in [0.25, 0.3) is 0 Å². The number of halogens is 1. The molecule has 37 heavy (non-hydrogen) atoms. The van der Waals surface area contributed by atoms with E-state index in [2.05, 4.69) is 21.3 Å². The summed E-state index contributed by atoms with van der Waals surface area (Å²) in [7, 11) is 0. The number of hydrogen-bond donors (Lipinski definition) is 5. The lowest BCUT2D eigenvalue weighted by molar-refractivity contribution is -0.142. The zero-order valence-electron chi connectivity index (χ0n) is 20.9. The molecule has 202 valence electrons. The number of rotatable bonds is 4. The SMILES string of the molecule is CC[C@@H]1NC(=O)[C@@H]2[C@H](Cl)CCN2C(=O)[C@H](CC)NC(=O)C[C@H](c2ccccc2)NC(=O)[C@H](CO)NC1=O. The Kier molecular flexibility index (Phi) is 9.87. The molecule has 12 heteroatoms. The molecule has 0 aliphatic carbocycles. The van der Waals surface area contributed by atoms with Gasteiger partial charge >= 0.3 is 0 Å². The molecule has 1 aromatic rings. The van der Waals surface area contributed by atoms with E-state index in [4.69, 9.17) is 11.6 Å². The highest BCUT2D eigenvalue weighted by molar-refractivity contribution is 6.23. The summed E-state index contributed by atoms with van der Waals surface area (Å²) in [6.45, 7) is 2.96. The third-order valence-corrected chi connectivity index (χ3v) is 7.14. The van der Waals surface area contributed by atoms with E-state index < -0.39 is 71.7 Å². The zero-order chi connectivity index (χ0) is 27.1. The first-order valence-electron chi connectivity index (χ1n) is 12.5. The Morgan fingerprint density at radius 2 is 1.49 bits per heavy atom. The van der Waals surface area contributed by atoms with E-state index in [0.717, 1.165) is 0 Å². The van der Waals surface area contributed by atoms with E-state index >= 15 is 0 Å². The highest BCUT2D eigenvalue weighted by Gasteiger charge is 2.44. The molecule has 11 nitrogen and oxygen atoms in total. The van der Waals surface area contributed by atoms with Crippen LogP contribution in [0.3, 0.4) is 0 Å². The number of nitrogens with one attached hydrogen (secondary N) is 4. The van der Waals surface area contributed by atoms with Gasteiger partial charge in [0.05, 0.1) is 24.4 Å². The monoisotopic (exact) mass is 535 g/mol. The number of alkyl halides is 1. The number of aliphatic hydroxyl groups is 1. The van der Waals surface area contributed by atoms with Crippen LogP contribution in [-0.2, 0) is 24.0 Å². The summed E-state index contributed by atoms with van der Waals surface area (Å²) in [6, 6.07) is 3.74. The van der Waals surface area contributed by atoms with Crippen LogP contribution in [0.1, 0.15) is 51.1 Å². The molecule has 6 atom stereocenters. The number of hydrogen-bond acceptors (Lipinski definition) is 6. The molecular weight excluding hydrogens is 502 g/mol. The molecule has 0 aromatic heterocycles. The predicted molar refractivity (Wildman–Crippen MR) is 135 cm³/mol. The molecule has 2 saturated heterocycles. The molecule has 5 N–H and O–H groups in total. The minimum Gasteiger partial charge on any atom is -0.394 e. The quantitative estimate of drug-likeness (QED) is 0.334. The van der Waals surface area contributed by atoms with E-state index in [1.54, 1.807) is 44.2 Å². The molecule has 2 aliphatic rings. The van der Waals surface area contributed by atoms with Crippen molar-refractivity contribution in [1.29, 1.82) is 0 Å². The van der Waals surface area contributed by atoms with Crippen LogP contribution >= 0.6 is 11.6 Å². The summed E-state index contributed by atoms with van der Waals surface area (Å²) in [4.78, 5) is 66.9. The van der Waals surface area contributed by atoms with Crippen LogP contribution in [-0.4, -0.2) is 82.2 Å². The standard InChI is InChI=1S/C25H34ClN5O6/c1-3-16-22(34)30-19(13-32)23(35)29-18(14-8-6-5-7-9-14)12-20(33)27-17(4-2)25(37)31-11-10-15(26)21(31)24(36)28-16/h5-9,15-19,21,32H,3-4,10-13H2,1-2H3,(H,27,33)(H,28,36)(H,29,35)(H,30,34)/t15-,16+,17+,18-,19+,21+/m1/s1. The van der Waals surface area contributed by atoms with Gasteiger partial charge in [0.2, 0.25) is 29.5 Å². The van der Waals surface area contributed by atoms with E-state index in [1.165, 1.54) is 4.90 Å². The average molecular weight is 536 g/mol. The summed E-state index contributed by atoms with van der Waals surface area (Å²) in [5.74, 6) is -2.89. The number of benzene rings is 1. The van der Waals surface area contributed by atoms with Gasteiger partial charge in [0.1, 0.15) is 24.2 Å². The largest absolute Gasteiger partial charge is 0.394 e. The fourth-order valence-electron chi connectivity index (χ4n) is 4.57. The number of amides is 5. The third kappa shape index (κ3) is 6.78. The molecule has 3 rings (SSSR count). The van der Waals surface area contributed by atoms with Gasteiger partial charge in [-0.3, -0.25) is 24.0 Å². The molecular formula is C25H34ClN5O6. The minimum atomic E-state index is -1.31. The van der Waals surface area contributed by atoms with Crippen molar-refractivity contribution in [2.45, 2.75) is 75.1 Å². The first-order valence-corrected chi connectivity index (χ1v) is 12.9. The topological polar surface area (TPSA) is 157 Å². The van der Waals surface area contributed by atoms with Crippen molar-refractivity contribution in [3.8, 4) is 0 Å². The van der Waals surface area contributed by atoms with E-state index in [1.807, 2.05) is 0 Å². The summed E-state index contributed by atoms with van der Waals surface area (Å²) < 4.78 is 0. The molecule has 0 radical (unpaired) electrons. The van der Waals surface area contributed by atoms with Crippen molar-refractivity contribution < 1.29 is 29.1 Å². The second-order valence-electron chi connectivity index (χ2n) is 9.20. The van der Waals surface area contributed by atoms with Gasteiger partial charge in [-0.2, -0.15) is 0 Å². The second kappa shape index (κ2) is 12.9. The smallest absolute Gasteiger partial charge is 0.245 e. The second-order valence-corrected chi connectivity index (χ2v) is 9.76. The average Bonchev–Trinajstić information content (AvgIpc) is 3.29. The maximum atomic E-state index is 13.4. The molecule has 5 amide bonds. The van der Waals surface area contributed by atoms with E-state index in [-0.39, 0.29) is 25.8 Å². The summed E-state index contributed by atoms with van der Waals surface area (Å²) >= 11 is 6.41. The Bertz CT molecular complexity index is 1010. The Balaban J connectivity index is 1.98. The van der Waals surface area contributed by atoms with Gasteiger partial charge in [0.15, 0.2) is 0 Å². The number of fused-ring (bicyclic) bond motifs is 1. The molecule has 2 heterocycles. The van der Waals surface area contributed by atoms with Crippen molar-refractivity contribution in [3.05, 3.63) is 35.9 Å². The first-order chi connectivity index (χ1) is 17.7. The van der Waals surface area contributed by atoms with Gasteiger partial charge in [-0.05, 0) is 24.8 Å². The Morgan fingerprint density at radius 1 is 0.865 bits per heavy atom. The van der Waals surface area contributed by atoms with Gasteiger partial charge in [0, 0.05) is 6.54 Å². The number of aliphatic hydroxyl groups excluding tert-OH is 1. The van der Waals surface area contributed by atoms with Crippen LogP contribution in [0.4, 0.5) is 0 Å². The molecule has 2 fully saturated rings. The van der Waals surface area contributed by atoms with Crippen LogP contribution in [0.15, 0.2) is 30.3 Å². The maximum absolute atomic E-state index is 13.4. The van der Waals surface area contributed by atoms with Gasteiger partial charge < -0.3 is 31.3 Å². The lowest BCUT2D eigenvalue weighted by atomic mass is 10.0. The van der Waals surface area contributed by atoms with Crippen molar-refractivity contribution in [2.24, 2.45) is 0 Å².